The fourth-order valence-corrected chi connectivity index (χ4v) is 2.62. The van der Waals surface area contributed by atoms with Gasteiger partial charge in [0, 0.05) is 6.04 Å². The van der Waals surface area contributed by atoms with Crippen LogP contribution in [0.15, 0.2) is 12.1 Å². The first-order valence-electron chi connectivity index (χ1n) is 6.89. The summed E-state index contributed by atoms with van der Waals surface area (Å²) < 4.78 is 0. The third-order valence-electron chi connectivity index (χ3n) is 3.63. The molecule has 2 rings (SSSR count). The van der Waals surface area contributed by atoms with Crippen molar-refractivity contribution in [3.05, 3.63) is 23.3 Å². The van der Waals surface area contributed by atoms with Crippen LogP contribution in [-0.2, 0) is 4.79 Å². The standard InChI is InChI=1S/C15H22N2O2/c1-10-7-11(2)15(19)13(8-10)17-14(18)9-16-12-5-3-4-6-12/h7-8,12,16,19H,3-6,9H2,1-2H3,(H,17,18). The van der Waals surface area contributed by atoms with Crippen LogP contribution in [0.4, 0.5) is 5.69 Å². The number of phenols is 1. The second-order valence-electron chi connectivity index (χ2n) is 5.39. The van der Waals surface area contributed by atoms with Gasteiger partial charge in [0.2, 0.25) is 5.91 Å². The molecule has 0 radical (unpaired) electrons. The number of aromatic hydroxyl groups is 1. The van der Waals surface area contributed by atoms with E-state index < -0.39 is 0 Å². The van der Waals surface area contributed by atoms with E-state index in [1.807, 2.05) is 19.9 Å². The van der Waals surface area contributed by atoms with Crippen LogP contribution in [0.5, 0.6) is 5.75 Å². The summed E-state index contributed by atoms with van der Waals surface area (Å²) in [5, 5.41) is 15.9. The van der Waals surface area contributed by atoms with E-state index in [0.29, 0.717) is 18.3 Å². The monoisotopic (exact) mass is 262 g/mol. The van der Waals surface area contributed by atoms with Crippen LogP contribution in [0, 0.1) is 13.8 Å². The SMILES string of the molecule is Cc1cc(C)c(O)c(NC(=O)CNC2CCCC2)c1. The average Bonchev–Trinajstić information content (AvgIpc) is 2.86. The highest BCUT2D eigenvalue weighted by molar-refractivity contribution is 5.94. The molecule has 1 aromatic carbocycles. The number of benzene rings is 1. The van der Waals surface area contributed by atoms with Gasteiger partial charge in [0.25, 0.3) is 0 Å². The first-order valence-corrected chi connectivity index (χ1v) is 6.89. The van der Waals surface area contributed by atoms with Crippen LogP contribution in [0.2, 0.25) is 0 Å². The van der Waals surface area contributed by atoms with Gasteiger partial charge in [0.1, 0.15) is 5.75 Å². The lowest BCUT2D eigenvalue weighted by Crippen LogP contribution is -2.34. The Labute approximate surface area is 114 Å². The van der Waals surface area contributed by atoms with Crippen LogP contribution in [0.25, 0.3) is 0 Å². The van der Waals surface area contributed by atoms with Crippen molar-refractivity contribution < 1.29 is 9.90 Å². The Morgan fingerprint density at radius 1 is 1.32 bits per heavy atom. The van der Waals surface area contributed by atoms with Crippen molar-refractivity contribution in [3.63, 3.8) is 0 Å². The first kappa shape index (κ1) is 13.9. The molecule has 0 unspecified atom stereocenters. The van der Waals surface area contributed by atoms with Gasteiger partial charge >= 0.3 is 0 Å². The van der Waals surface area contributed by atoms with E-state index in [2.05, 4.69) is 10.6 Å². The maximum atomic E-state index is 11.9. The van der Waals surface area contributed by atoms with Crippen molar-refractivity contribution in [2.45, 2.75) is 45.6 Å². The molecular weight excluding hydrogens is 240 g/mol. The van der Waals surface area contributed by atoms with E-state index in [1.165, 1.54) is 12.8 Å². The van der Waals surface area contributed by atoms with Crippen molar-refractivity contribution in [1.29, 1.82) is 0 Å². The summed E-state index contributed by atoms with van der Waals surface area (Å²) in [7, 11) is 0. The number of hydrogen-bond donors (Lipinski definition) is 3. The van der Waals surface area contributed by atoms with Gasteiger partial charge < -0.3 is 15.7 Å². The summed E-state index contributed by atoms with van der Waals surface area (Å²) in [6.07, 6.45) is 4.80. The van der Waals surface area contributed by atoms with E-state index in [9.17, 15) is 9.90 Å². The van der Waals surface area contributed by atoms with Crippen molar-refractivity contribution in [1.82, 2.24) is 5.32 Å². The van der Waals surface area contributed by atoms with Gasteiger partial charge in [0.05, 0.1) is 12.2 Å². The Morgan fingerprint density at radius 3 is 2.68 bits per heavy atom. The van der Waals surface area contributed by atoms with Crippen LogP contribution in [-0.4, -0.2) is 23.6 Å². The van der Waals surface area contributed by atoms with Gasteiger partial charge in [-0.25, -0.2) is 0 Å². The third kappa shape index (κ3) is 3.70. The fraction of sp³-hybridized carbons (Fsp3) is 0.533. The summed E-state index contributed by atoms with van der Waals surface area (Å²) in [5.41, 5.74) is 2.30. The molecule has 1 amide bonds. The molecule has 1 fully saturated rings. The summed E-state index contributed by atoms with van der Waals surface area (Å²) >= 11 is 0. The first-order chi connectivity index (χ1) is 9.06. The quantitative estimate of drug-likeness (QED) is 0.731. The van der Waals surface area contributed by atoms with Crippen LogP contribution in [0.3, 0.4) is 0 Å². The topological polar surface area (TPSA) is 61.4 Å². The van der Waals surface area contributed by atoms with E-state index in [4.69, 9.17) is 0 Å². The van der Waals surface area contributed by atoms with E-state index in [-0.39, 0.29) is 11.7 Å². The highest BCUT2D eigenvalue weighted by atomic mass is 16.3. The Morgan fingerprint density at radius 2 is 2.00 bits per heavy atom. The number of carbonyl (C=O) groups excluding carboxylic acids is 1. The molecule has 3 N–H and O–H groups in total. The number of phenolic OH excluding ortho intramolecular Hbond substituents is 1. The number of rotatable bonds is 4. The van der Waals surface area contributed by atoms with Crippen LogP contribution >= 0.6 is 0 Å². The zero-order valence-electron chi connectivity index (χ0n) is 11.6. The molecule has 0 aliphatic heterocycles. The second-order valence-corrected chi connectivity index (χ2v) is 5.39. The van der Waals surface area contributed by atoms with Gasteiger partial charge in [-0.15, -0.1) is 0 Å². The van der Waals surface area contributed by atoms with Gasteiger partial charge in [-0.05, 0) is 43.9 Å². The maximum absolute atomic E-state index is 11.9. The van der Waals surface area contributed by atoms with Crippen molar-refractivity contribution in [2.75, 3.05) is 11.9 Å². The summed E-state index contributed by atoms with van der Waals surface area (Å²) in [6.45, 7) is 4.07. The summed E-state index contributed by atoms with van der Waals surface area (Å²) in [6, 6.07) is 4.15. The third-order valence-corrected chi connectivity index (χ3v) is 3.63. The summed E-state index contributed by atoms with van der Waals surface area (Å²) in [5.74, 6) is 0.0482. The molecule has 0 atom stereocenters. The van der Waals surface area contributed by atoms with Crippen LogP contribution in [0.1, 0.15) is 36.8 Å². The van der Waals surface area contributed by atoms with Gasteiger partial charge in [-0.2, -0.15) is 0 Å². The highest BCUT2D eigenvalue weighted by Gasteiger charge is 2.16. The Balaban J connectivity index is 1.91. The van der Waals surface area contributed by atoms with Crippen LogP contribution < -0.4 is 10.6 Å². The zero-order chi connectivity index (χ0) is 13.8. The largest absolute Gasteiger partial charge is 0.505 e. The molecule has 1 aromatic rings. The van der Waals surface area contributed by atoms with Gasteiger partial charge in [-0.3, -0.25) is 4.79 Å². The predicted molar refractivity (Wildman–Crippen MR) is 76.5 cm³/mol. The van der Waals surface area contributed by atoms with Crippen molar-refractivity contribution >= 4 is 11.6 Å². The number of nitrogens with one attached hydrogen (secondary N) is 2. The molecule has 0 aromatic heterocycles. The van der Waals surface area contributed by atoms with E-state index in [0.717, 1.165) is 24.0 Å². The molecule has 0 saturated heterocycles. The Kier molecular flexibility index (Phi) is 4.43. The fourth-order valence-electron chi connectivity index (χ4n) is 2.62. The number of anilines is 1. The molecular formula is C15H22N2O2. The lowest BCUT2D eigenvalue weighted by Gasteiger charge is -2.13. The molecule has 4 nitrogen and oxygen atoms in total. The highest BCUT2D eigenvalue weighted by Crippen LogP contribution is 2.28. The maximum Gasteiger partial charge on any atom is 0.238 e. The number of hydrogen-bond acceptors (Lipinski definition) is 3. The molecule has 104 valence electrons. The Bertz CT molecular complexity index is 465. The minimum atomic E-state index is -0.104. The lowest BCUT2D eigenvalue weighted by molar-refractivity contribution is -0.115. The smallest absolute Gasteiger partial charge is 0.238 e. The van der Waals surface area contributed by atoms with Gasteiger partial charge in [-0.1, -0.05) is 18.9 Å². The average molecular weight is 262 g/mol. The molecule has 1 saturated carbocycles. The van der Waals surface area contributed by atoms with Crippen molar-refractivity contribution in [3.8, 4) is 5.75 Å². The zero-order valence-corrected chi connectivity index (χ0v) is 11.6. The molecule has 0 heterocycles. The number of amides is 1. The normalized spacial score (nSPS) is 15.7. The minimum absolute atomic E-state index is 0.104. The van der Waals surface area contributed by atoms with E-state index in [1.54, 1.807) is 6.07 Å². The lowest BCUT2D eigenvalue weighted by atomic mass is 10.1. The molecule has 19 heavy (non-hydrogen) atoms. The number of carbonyl (C=O) groups is 1. The predicted octanol–water partition coefficient (Wildman–Crippen LogP) is 2.48. The molecule has 0 bridgehead atoms. The molecule has 1 aliphatic rings. The minimum Gasteiger partial charge on any atom is -0.505 e. The Hall–Kier alpha value is -1.55. The molecule has 1 aliphatic carbocycles. The van der Waals surface area contributed by atoms with Crippen molar-refractivity contribution in [2.24, 2.45) is 0 Å². The van der Waals surface area contributed by atoms with E-state index >= 15 is 0 Å². The number of aryl methyl sites for hydroxylation is 2. The molecule has 0 spiro atoms. The second kappa shape index (κ2) is 6.06. The van der Waals surface area contributed by atoms with Gasteiger partial charge in [0.15, 0.2) is 0 Å². The molecule has 4 heteroatoms. The summed E-state index contributed by atoms with van der Waals surface area (Å²) in [4.78, 5) is 11.9.